The Bertz CT molecular complexity index is 405. The maximum absolute atomic E-state index is 12.6. The normalized spacial score (nSPS) is 17.6. The molecule has 0 spiro atoms. The third kappa shape index (κ3) is 4.43. The van der Waals surface area contributed by atoms with E-state index in [0.29, 0.717) is 13.0 Å². The first kappa shape index (κ1) is 17.4. The summed E-state index contributed by atoms with van der Waals surface area (Å²) in [7, 11) is -0.718. The fourth-order valence-corrected chi connectivity index (χ4v) is 4.18. The summed E-state index contributed by atoms with van der Waals surface area (Å²) in [4.78, 5) is 11.4. The molecule has 6 nitrogen and oxygen atoms in total. The van der Waals surface area contributed by atoms with Crippen LogP contribution in [0, 0.1) is 0 Å². The van der Waals surface area contributed by atoms with E-state index in [-0.39, 0.29) is 12.6 Å². The van der Waals surface area contributed by atoms with Crippen molar-refractivity contribution in [3.63, 3.8) is 0 Å². The lowest BCUT2D eigenvalue weighted by Gasteiger charge is -2.34. The first-order valence-corrected chi connectivity index (χ1v) is 8.63. The number of hydrogen-bond donors (Lipinski definition) is 0. The Hall–Kier alpha value is -0.660. The summed E-state index contributed by atoms with van der Waals surface area (Å²) >= 11 is 0. The Morgan fingerprint density at radius 2 is 1.85 bits per heavy atom. The van der Waals surface area contributed by atoms with E-state index in [1.807, 2.05) is 6.92 Å². The van der Waals surface area contributed by atoms with Crippen LogP contribution in [0.15, 0.2) is 0 Å². The van der Waals surface area contributed by atoms with Crippen molar-refractivity contribution in [1.82, 2.24) is 8.61 Å². The summed E-state index contributed by atoms with van der Waals surface area (Å²) in [5.41, 5.74) is 0. The number of esters is 1. The van der Waals surface area contributed by atoms with E-state index >= 15 is 0 Å². The molecule has 1 fully saturated rings. The molecular weight excluding hydrogens is 280 g/mol. The molecule has 20 heavy (non-hydrogen) atoms. The fourth-order valence-electron chi connectivity index (χ4n) is 2.55. The third-order valence-electron chi connectivity index (χ3n) is 3.79. The highest BCUT2D eigenvalue weighted by Crippen LogP contribution is 2.24. The number of ether oxygens (including phenoxy) is 1. The van der Waals surface area contributed by atoms with Gasteiger partial charge >= 0.3 is 5.97 Å². The van der Waals surface area contributed by atoms with E-state index in [4.69, 9.17) is 0 Å². The van der Waals surface area contributed by atoms with Gasteiger partial charge < -0.3 is 4.74 Å². The summed E-state index contributed by atoms with van der Waals surface area (Å²) in [5, 5.41) is 0. The molecule has 0 amide bonds. The first-order chi connectivity index (χ1) is 9.43. The molecule has 7 heteroatoms. The number of methoxy groups -OCH3 is 1. The predicted octanol–water partition coefficient (Wildman–Crippen LogP) is 1.38. The number of carbonyl (C=O) groups is 1. The van der Waals surface area contributed by atoms with Crippen molar-refractivity contribution in [2.24, 2.45) is 0 Å². The minimum atomic E-state index is -3.60. The second-order valence-corrected chi connectivity index (χ2v) is 7.21. The maximum Gasteiger partial charge on any atom is 0.321 e. The Balaban J connectivity index is 2.81. The van der Waals surface area contributed by atoms with Crippen LogP contribution in [0.25, 0.3) is 0 Å². The van der Waals surface area contributed by atoms with Crippen molar-refractivity contribution in [2.75, 3.05) is 27.2 Å². The highest BCUT2D eigenvalue weighted by atomic mass is 32.2. The van der Waals surface area contributed by atoms with Gasteiger partial charge in [-0.2, -0.15) is 17.0 Å². The van der Waals surface area contributed by atoms with Gasteiger partial charge in [0.1, 0.15) is 6.54 Å². The van der Waals surface area contributed by atoms with Crippen LogP contribution < -0.4 is 0 Å². The quantitative estimate of drug-likeness (QED) is 0.667. The van der Waals surface area contributed by atoms with E-state index in [1.165, 1.54) is 22.1 Å². The van der Waals surface area contributed by atoms with Gasteiger partial charge in [-0.05, 0) is 19.3 Å². The molecule has 1 aliphatic rings. The van der Waals surface area contributed by atoms with E-state index in [1.54, 1.807) is 7.05 Å². The highest BCUT2D eigenvalue weighted by molar-refractivity contribution is 7.86. The molecule has 1 rings (SSSR count). The summed E-state index contributed by atoms with van der Waals surface area (Å²) in [6, 6.07) is 0.0470. The second-order valence-electron chi connectivity index (χ2n) is 5.23. The van der Waals surface area contributed by atoms with Crippen LogP contribution in [-0.4, -0.2) is 56.3 Å². The van der Waals surface area contributed by atoms with Gasteiger partial charge in [0.25, 0.3) is 10.2 Å². The summed E-state index contributed by atoms with van der Waals surface area (Å²) in [6.07, 6.45) is 5.76. The molecular formula is C13H26N2O4S. The molecule has 1 saturated carbocycles. The molecule has 0 aromatic heterocycles. The monoisotopic (exact) mass is 306 g/mol. The van der Waals surface area contributed by atoms with Crippen LogP contribution >= 0.6 is 0 Å². The Labute approximate surface area is 122 Å². The van der Waals surface area contributed by atoms with Crippen LogP contribution in [0.1, 0.15) is 45.4 Å². The lowest BCUT2D eigenvalue weighted by atomic mass is 9.96. The Morgan fingerprint density at radius 1 is 1.25 bits per heavy atom. The molecule has 0 bridgehead atoms. The minimum absolute atomic E-state index is 0.0470. The molecule has 0 N–H and O–H groups in total. The molecule has 0 atom stereocenters. The van der Waals surface area contributed by atoms with Gasteiger partial charge in [-0.1, -0.05) is 26.2 Å². The largest absolute Gasteiger partial charge is 0.468 e. The number of hydrogen-bond acceptors (Lipinski definition) is 4. The Morgan fingerprint density at radius 3 is 2.35 bits per heavy atom. The molecule has 118 valence electrons. The van der Waals surface area contributed by atoms with Gasteiger partial charge in [0.05, 0.1) is 7.11 Å². The summed E-state index contributed by atoms with van der Waals surface area (Å²) < 4.78 is 32.5. The molecule has 0 heterocycles. The van der Waals surface area contributed by atoms with Gasteiger partial charge in [-0.25, -0.2) is 0 Å². The topological polar surface area (TPSA) is 66.9 Å². The third-order valence-corrected chi connectivity index (χ3v) is 5.78. The van der Waals surface area contributed by atoms with Crippen LogP contribution in [0.4, 0.5) is 0 Å². The molecule has 0 saturated heterocycles. The zero-order valence-corrected chi connectivity index (χ0v) is 13.5. The van der Waals surface area contributed by atoms with Crippen molar-refractivity contribution in [1.29, 1.82) is 0 Å². The van der Waals surface area contributed by atoms with Crippen molar-refractivity contribution in [2.45, 2.75) is 51.5 Å². The molecule has 1 aliphatic carbocycles. The van der Waals surface area contributed by atoms with Crippen molar-refractivity contribution < 1.29 is 17.9 Å². The maximum atomic E-state index is 12.6. The predicted molar refractivity (Wildman–Crippen MR) is 77.4 cm³/mol. The van der Waals surface area contributed by atoms with Crippen LogP contribution in [0.2, 0.25) is 0 Å². The Kier molecular flexibility index (Phi) is 6.91. The van der Waals surface area contributed by atoms with Gasteiger partial charge in [0.15, 0.2) is 0 Å². The van der Waals surface area contributed by atoms with Crippen LogP contribution in [0.3, 0.4) is 0 Å². The van der Waals surface area contributed by atoms with Gasteiger partial charge in [-0.3, -0.25) is 4.79 Å². The molecule has 0 aromatic carbocycles. The van der Waals surface area contributed by atoms with Crippen molar-refractivity contribution >= 4 is 16.2 Å². The SMILES string of the molecule is CCCN(CC(=O)OC)S(=O)(=O)N(C)C1CCCCC1. The number of nitrogens with zero attached hydrogens (tertiary/aromatic N) is 2. The van der Waals surface area contributed by atoms with Crippen LogP contribution in [0.5, 0.6) is 0 Å². The van der Waals surface area contributed by atoms with E-state index in [2.05, 4.69) is 4.74 Å². The smallest absolute Gasteiger partial charge is 0.321 e. The molecule has 0 aromatic rings. The number of carbonyl (C=O) groups excluding carboxylic acids is 1. The van der Waals surface area contributed by atoms with Crippen LogP contribution in [-0.2, 0) is 19.7 Å². The lowest BCUT2D eigenvalue weighted by Crippen LogP contribution is -2.49. The lowest BCUT2D eigenvalue weighted by molar-refractivity contribution is -0.140. The van der Waals surface area contributed by atoms with Gasteiger partial charge in [0, 0.05) is 19.6 Å². The average Bonchev–Trinajstić information content (AvgIpc) is 2.46. The molecule has 0 radical (unpaired) electrons. The highest BCUT2D eigenvalue weighted by Gasteiger charge is 2.33. The summed E-state index contributed by atoms with van der Waals surface area (Å²) in [5.74, 6) is -0.529. The molecule has 0 aliphatic heterocycles. The minimum Gasteiger partial charge on any atom is -0.468 e. The number of rotatable bonds is 7. The zero-order chi connectivity index (χ0) is 15.2. The van der Waals surface area contributed by atoms with Gasteiger partial charge in [0.2, 0.25) is 0 Å². The molecule has 0 unspecified atom stereocenters. The first-order valence-electron chi connectivity index (χ1n) is 7.23. The van der Waals surface area contributed by atoms with E-state index < -0.39 is 16.2 Å². The van der Waals surface area contributed by atoms with Crippen molar-refractivity contribution in [3.05, 3.63) is 0 Å². The standard InChI is InChI=1S/C13H26N2O4S/c1-4-10-15(11-13(16)19-3)20(17,18)14(2)12-8-6-5-7-9-12/h12H,4-11H2,1-3H3. The fraction of sp³-hybridized carbons (Fsp3) is 0.923. The second kappa shape index (κ2) is 7.95. The zero-order valence-electron chi connectivity index (χ0n) is 12.7. The van der Waals surface area contributed by atoms with Gasteiger partial charge in [-0.15, -0.1) is 0 Å². The van der Waals surface area contributed by atoms with Crippen molar-refractivity contribution in [3.8, 4) is 0 Å². The van der Waals surface area contributed by atoms with E-state index in [0.717, 1.165) is 25.7 Å². The van der Waals surface area contributed by atoms with E-state index in [9.17, 15) is 13.2 Å². The average molecular weight is 306 g/mol. The summed E-state index contributed by atoms with van der Waals surface area (Å²) in [6.45, 7) is 2.00.